The minimum absolute atomic E-state index is 0.0380. The van der Waals surface area contributed by atoms with Gasteiger partial charge in [-0.3, -0.25) is 4.79 Å². The monoisotopic (exact) mass is 331 g/mol. The highest BCUT2D eigenvalue weighted by Crippen LogP contribution is 2.28. The molecule has 0 saturated carbocycles. The second-order valence-electron chi connectivity index (χ2n) is 4.55. The van der Waals surface area contributed by atoms with Gasteiger partial charge in [0.2, 0.25) is 0 Å². The highest BCUT2D eigenvalue weighted by molar-refractivity contribution is 9.10. The zero-order valence-corrected chi connectivity index (χ0v) is 12.7. The summed E-state index contributed by atoms with van der Waals surface area (Å²) in [5.74, 6) is -0.0380. The van der Waals surface area contributed by atoms with Crippen LogP contribution in [0.15, 0.2) is 22.7 Å². The third-order valence-corrected chi connectivity index (χ3v) is 4.35. The maximum atomic E-state index is 12.5. The lowest BCUT2D eigenvalue weighted by Gasteiger charge is -2.37. The van der Waals surface area contributed by atoms with Gasteiger partial charge in [-0.2, -0.15) is 0 Å². The van der Waals surface area contributed by atoms with Gasteiger partial charge in [-0.1, -0.05) is 17.7 Å². The molecular formula is C13H15BrClNO2. The molecular weight excluding hydrogens is 318 g/mol. The van der Waals surface area contributed by atoms with Crippen molar-refractivity contribution in [2.45, 2.75) is 26.0 Å². The molecule has 0 spiro atoms. The number of ether oxygens (including phenoxy) is 1. The molecule has 98 valence electrons. The van der Waals surface area contributed by atoms with Crippen molar-refractivity contribution in [2.75, 3.05) is 13.2 Å². The molecule has 0 aromatic heterocycles. The van der Waals surface area contributed by atoms with Gasteiger partial charge in [0.25, 0.3) is 5.91 Å². The van der Waals surface area contributed by atoms with E-state index in [4.69, 9.17) is 16.3 Å². The summed E-state index contributed by atoms with van der Waals surface area (Å²) in [6, 6.07) is 5.47. The Labute approximate surface area is 120 Å². The summed E-state index contributed by atoms with van der Waals surface area (Å²) in [6.45, 7) is 5.12. The molecule has 0 bridgehead atoms. The smallest absolute Gasteiger partial charge is 0.255 e. The summed E-state index contributed by atoms with van der Waals surface area (Å²) in [5, 5.41) is 0.467. The molecule has 1 aliphatic heterocycles. The van der Waals surface area contributed by atoms with E-state index in [0.29, 0.717) is 23.7 Å². The van der Waals surface area contributed by atoms with Crippen molar-refractivity contribution in [1.29, 1.82) is 0 Å². The van der Waals surface area contributed by atoms with Crippen LogP contribution in [0.3, 0.4) is 0 Å². The van der Waals surface area contributed by atoms with Crippen LogP contribution in [0.25, 0.3) is 0 Å². The van der Waals surface area contributed by atoms with Crippen LogP contribution < -0.4 is 0 Å². The number of amides is 1. The second kappa shape index (κ2) is 5.59. The van der Waals surface area contributed by atoms with Gasteiger partial charge < -0.3 is 9.64 Å². The van der Waals surface area contributed by atoms with Crippen LogP contribution in [0.1, 0.15) is 24.2 Å². The highest BCUT2D eigenvalue weighted by Gasteiger charge is 2.29. The number of benzene rings is 1. The summed E-state index contributed by atoms with van der Waals surface area (Å²) < 4.78 is 6.26. The Morgan fingerprint density at radius 2 is 2.22 bits per heavy atom. The van der Waals surface area contributed by atoms with Crippen molar-refractivity contribution >= 4 is 33.4 Å². The Hall–Kier alpha value is -0.580. The maximum Gasteiger partial charge on any atom is 0.255 e. The Morgan fingerprint density at radius 3 is 2.94 bits per heavy atom. The van der Waals surface area contributed by atoms with Crippen LogP contribution in [0.4, 0.5) is 0 Å². The molecule has 3 nitrogen and oxygen atoms in total. The first-order chi connectivity index (χ1) is 8.50. The van der Waals surface area contributed by atoms with Gasteiger partial charge in [0.1, 0.15) is 0 Å². The van der Waals surface area contributed by atoms with Crippen molar-refractivity contribution in [3.8, 4) is 0 Å². The summed E-state index contributed by atoms with van der Waals surface area (Å²) >= 11 is 9.50. The number of carbonyl (C=O) groups is 1. The van der Waals surface area contributed by atoms with E-state index in [-0.39, 0.29) is 18.1 Å². The molecule has 1 heterocycles. The number of morpholine rings is 1. The molecule has 2 rings (SSSR count). The van der Waals surface area contributed by atoms with Gasteiger partial charge >= 0.3 is 0 Å². The van der Waals surface area contributed by atoms with Crippen LogP contribution in [-0.4, -0.2) is 36.1 Å². The molecule has 0 radical (unpaired) electrons. The van der Waals surface area contributed by atoms with Crippen molar-refractivity contribution in [3.63, 3.8) is 0 Å². The SMILES string of the molecule is CC1CN(C(=O)c2cccc(Br)c2Cl)C(C)CO1. The van der Waals surface area contributed by atoms with Gasteiger partial charge in [-0.15, -0.1) is 0 Å². The standard InChI is InChI=1S/C13H15BrClNO2/c1-8-7-18-9(2)6-16(8)13(17)10-4-3-5-11(14)12(10)15/h3-5,8-9H,6-7H2,1-2H3. The topological polar surface area (TPSA) is 29.5 Å². The molecule has 1 saturated heterocycles. The van der Waals surface area contributed by atoms with E-state index in [1.165, 1.54) is 0 Å². The van der Waals surface area contributed by atoms with E-state index in [1.807, 2.05) is 30.9 Å². The number of hydrogen-bond donors (Lipinski definition) is 0. The van der Waals surface area contributed by atoms with Crippen LogP contribution in [0, 0.1) is 0 Å². The predicted molar refractivity (Wildman–Crippen MR) is 75.1 cm³/mol. The fraction of sp³-hybridized carbons (Fsp3) is 0.462. The lowest BCUT2D eigenvalue weighted by Crippen LogP contribution is -2.50. The minimum atomic E-state index is -0.0380. The van der Waals surface area contributed by atoms with Gasteiger partial charge in [-0.25, -0.2) is 0 Å². The zero-order valence-electron chi connectivity index (χ0n) is 10.3. The highest BCUT2D eigenvalue weighted by atomic mass is 79.9. The molecule has 18 heavy (non-hydrogen) atoms. The molecule has 0 N–H and O–H groups in total. The summed E-state index contributed by atoms with van der Waals surface area (Å²) in [4.78, 5) is 14.3. The van der Waals surface area contributed by atoms with Gasteiger partial charge in [-0.05, 0) is 41.9 Å². The van der Waals surface area contributed by atoms with Crippen molar-refractivity contribution in [3.05, 3.63) is 33.3 Å². The van der Waals surface area contributed by atoms with Crippen molar-refractivity contribution in [1.82, 2.24) is 4.90 Å². The lowest BCUT2D eigenvalue weighted by atomic mass is 10.1. The number of rotatable bonds is 1. The molecule has 1 aliphatic rings. The van der Waals surface area contributed by atoms with E-state index in [0.717, 1.165) is 4.47 Å². The van der Waals surface area contributed by atoms with Gasteiger partial charge in [0, 0.05) is 11.0 Å². The molecule has 2 atom stereocenters. The normalized spacial score (nSPS) is 24.1. The van der Waals surface area contributed by atoms with Crippen LogP contribution in [0.5, 0.6) is 0 Å². The second-order valence-corrected chi connectivity index (χ2v) is 5.78. The van der Waals surface area contributed by atoms with Gasteiger partial charge in [0.15, 0.2) is 0 Å². The van der Waals surface area contributed by atoms with E-state index in [2.05, 4.69) is 15.9 Å². The molecule has 1 amide bonds. The number of carbonyl (C=O) groups excluding carboxylic acids is 1. The first-order valence-corrected chi connectivity index (χ1v) is 7.04. The Balaban J connectivity index is 2.27. The summed E-state index contributed by atoms with van der Waals surface area (Å²) in [7, 11) is 0. The summed E-state index contributed by atoms with van der Waals surface area (Å²) in [5.41, 5.74) is 0.534. The van der Waals surface area contributed by atoms with Crippen molar-refractivity contribution < 1.29 is 9.53 Å². The van der Waals surface area contributed by atoms with Crippen LogP contribution in [0.2, 0.25) is 5.02 Å². The van der Waals surface area contributed by atoms with Gasteiger partial charge in [0.05, 0.1) is 29.3 Å². The first kappa shape index (κ1) is 13.8. The molecule has 1 aromatic carbocycles. The predicted octanol–water partition coefficient (Wildman–Crippen LogP) is 3.35. The van der Waals surface area contributed by atoms with E-state index >= 15 is 0 Å². The number of nitrogens with zero attached hydrogens (tertiary/aromatic N) is 1. The summed E-state index contributed by atoms with van der Waals surface area (Å²) in [6.07, 6.45) is 0.0658. The fourth-order valence-electron chi connectivity index (χ4n) is 2.01. The van der Waals surface area contributed by atoms with E-state index < -0.39 is 0 Å². The Kier molecular flexibility index (Phi) is 4.30. The van der Waals surface area contributed by atoms with E-state index in [1.54, 1.807) is 6.07 Å². The van der Waals surface area contributed by atoms with Crippen LogP contribution in [-0.2, 0) is 4.74 Å². The average Bonchev–Trinajstić information content (AvgIpc) is 2.35. The maximum absolute atomic E-state index is 12.5. The quantitative estimate of drug-likeness (QED) is 0.789. The molecule has 1 fully saturated rings. The van der Waals surface area contributed by atoms with E-state index in [9.17, 15) is 4.79 Å². The minimum Gasteiger partial charge on any atom is -0.375 e. The third-order valence-electron chi connectivity index (χ3n) is 3.05. The number of hydrogen-bond acceptors (Lipinski definition) is 2. The molecule has 5 heteroatoms. The molecule has 0 aliphatic carbocycles. The fourth-order valence-corrected chi connectivity index (χ4v) is 2.58. The Bertz CT molecular complexity index is 466. The largest absolute Gasteiger partial charge is 0.375 e. The third kappa shape index (κ3) is 2.71. The van der Waals surface area contributed by atoms with Crippen LogP contribution >= 0.6 is 27.5 Å². The average molecular weight is 333 g/mol. The van der Waals surface area contributed by atoms with Crippen molar-refractivity contribution in [2.24, 2.45) is 0 Å². The molecule has 1 aromatic rings. The first-order valence-electron chi connectivity index (χ1n) is 5.87. The zero-order chi connectivity index (χ0) is 13.3. The number of halogens is 2. The molecule has 2 unspecified atom stereocenters. The lowest BCUT2D eigenvalue weighted by molar-refractivity contribution is -0.0387. The Morgan fingerprint density at radius 1 is 1.50 bits per heavy atom.